The maximum atomic E-state index is 10.6. The fraction of sp³-hybridized carbons (Fsp3) is 0. The molecule has 0 fully saturated rings. The molecule has 0 N–H and O–H groups in total. The molecule has 1 aliphatic heterocycles. The number of fused-ring (bicyclic) bond motifs is 1. The smallest absolute Gasteiger partial charge is 0.244 e. The lowest BCUT2D eigenvalue weighted by atomic mass is 10.3. The summed E-state index contributed by atoms with van der Waals surface area (Å²) in [5.41, 5.74) is 0. The van der Waals surface area contributed by atoms with Crippen LogP contribution in [-0.4, -0.2) is 6.03 Å². The van der Waals surface area contributed by atoms with Crippen molar-refractivity contribution in [2.75, 3.05) is 0 Å². The van der Waals surface area contributed by atoms with Crippen molar-refractivity contribution in [2.24, 2.45) is 9.98 Å². The zero-order valence-corrected chi connectivity index (χ0v) is 8.58. The molecule has 0 spiro atoms. The van der Waals surface area contributed by atoms with Gasteiger partial charge in [-0.3, -0.25) is 0 Å². The molecule has 0 aliphatic carbocycles. The van der Waals surface area contributed by atoms with Gasteiger partial charge in [0.2, 0.25) is 0 Å². The molecule has 78 valence electrons. The van der Waals surface area contributed by atoms with Gasteiger partial charge in [-0.15, -0.1) is 0 Å². The molecule has 2 amide bonds. The second-order valence-electron chi connectivity index (χ2n) is 3.15. The molecular formula is C13H10N2O. The summed E-state index contributed by atoms with van der Waals surface area (Å²) < 4.78 is 0. The van der Waals surface area contributed by atoms with Gasteiger partial charge in [-0.25, -0.2) is 4.79 Å². The lowest BCUT2D eigenvalue weighted by Gasteiger charge is -1.75. The average molecular weight is 210 g/mol. The molecule has 0 atom stereocenters. The minimum absolute atomic E-state index is 0.402. The summed E-state index contributed by atoms with van der Waals surface area (Å²) in [4.78, 5) is 17.9. The zero-order valence-electron chi connectivity index (χ0n) is 8.58. The molecule has 2 aromatic rings. The van der Waals surface area contributed by atoms with Crippen molar-refractivity contribution >= 4 is 6.03 Å². The van der Waals surface area contributed by atoms with Gasteiger partial charge >= 0.3 is 6.03 Å². The summed E-state index contributed by atoms with van der Waals surface area (Å²) in [6.45, 7) is 0. The molecule has 1 aliphatic rings. The van der Waals surface area contributed by atoms with Crippen LogP contribution in [0.25, 0.3) is 0 Å². The predicted molar refractivity (Wildman–Crippen MR) is 60.6 cm³/mol. The fourth-order valence-corrected chi connectivity index (χ4v) is 1.27. The first kappa shape index (κ1) is 10.2. The van der Waals surface area contributed by atoms with E-state index in [9.17, 15) is 4.79 Å². The van der Waals surface area contributed by atoms with Crippen LogP contribution < -0.4 is 10.7 Å². The van der Waals surface area contributed by atoms with E-state index < -0.39 is 6.03 Å². The second-order valence-corrected chi connectivity index (χ2v) is 3.15. The molecule has 3 rings (SSSR count). The standard InChI is InChI=1S/C7H4N2O.C6H6/c10-7-8-5-3-1-2-4-6(5)9-7;1-2-4-6-5-3-1/h1-4H;1-6H. The number of urea groups is 1. The van der Waals surface area contributed by atoms with E-state index in [4.69, 9.17) is 0 Å². The van der Waals surface area contributed by atoms with E-state index in [2.05, 4.69) is 9.98 Å². The first-order valence-electron chi connectivity index (χ1n) is 4.93. The molecule has 0 unspecified atom stereocenters. The normalized spacial score (nSPS) is 11.6. The number of carbonyl (C=O) groups excluding carboxylic acids is 1. The van der Waals surface area contributed by atoms with E-state index in [-0.39, 0.29) is 0 Å². The van der Waals surface area contributed by atoms with Crippen LogP contribution in [-0.2, 0) is 0 Å². The summed E-state index contributed by atoms with van der Waals surface area (Å²) in [5, 5.41) is 1.35. The molecule has 16 heavy (non-hydrogen) atoms. The molecule has 0 bridgehead atoms. The fourth-order valence-electron chi connectivity index (χ4n) is 1.27. The van der Waals surface area contributed by atoms with E-state index in [1.54, 1.807) is 12.1 Å². The molecule has 0 saturated heterocycles. The van der Waals surface area contributed by atoms with Gasteiger partial charge in [-0.2, -0.15) is 9.98 Å². The first-order chi connectivity index (χ1) is 7.86. The van der Waals surface area contributed by atoms with Crippen molar-refractivity contribution in [3.63, 3.8) is 0 Å². The summed E-state index contributed by atoms with van der Waals surface area (Å²) >= 11 is 0. The van der Waals surface area contributed by atoms with E-state index >= 15 is 0 Å². The van der Waals surface area contributed by atoms with Gasteiger partial charge in [-0.1, -0.05) is 48.5 Å². The van der Waals surface area contributed by atoms with Gasteiger partial charge in [0.05, 0.1) is 10.7 Å². The number of hydrogen-bond donors (Lipinski definition) is 0. The quantitative estimate of drug-likeness (QED) is 0.653. The van der Waals surface area contributed by atoms with Crippen LogP contribution in [0.5, 0.6) is 0 Å². The van der Waals surface area contributed by atoms with Crippen LogP contribution >= 0.6 is 0 Å². The van der Waals surface area contributed by atoms with E-state index in [0.717, 1.165) is 0 Å². The number of benzene rings is 2. The van der Waals surface area contributed by atoms with Crippen molar-refractivity contribution in [3.05, 3.63) is 71.4 Å². The van der Waals surface area contributed by atoms with Gasteiger partial charge < -0.3 is 0 Å². The molecular weight excluding hydrogens is 200 g/mol. The van der Waals surface area contributed by atoms with Crippen molar-refractivity contribution in [3.8, 4) is 0 Å². The van der Waals surface area contributed by atoms with Crippen LogP contribution in [0.1, 0.15) is 0 Å². The highest BCUT2D eigenvalue weighted by atomic mass is 16.2. The van der Waals surface area contributed by atoms with Crippen LogP contribution in [0, 0.1) is 0 Å². The Morgan fingerprint density at radius 2 is 1.00 bits per heavy atom. The number of para-hydroxylation sites is 2. The zero-order chi connectivity index (χ0) is 11.2. The molecule has 2 aromatic carbocycles. The Bertz CT molecular complexity index is 527. The Morgan fingerprint density at radius 3 is 1.38 bits per heavy atom. The minimum atomic E-state index is -0.402. The largest absolute Gasteiger partial charge is 0.368 e. The highest BCUT2D eigenvalue weighted by molar-refractivity contribution is 5.77. The Balaban J connectivity index is 0.000000138. The topological polar surface area (TPSA) is 41.8 Å². The van der Waals surface area contributed by atoms with Gasteiger partial charge in [0.15, 0.2) is 0 Å². The monoisotopic (exact) mass is 210 g/mol. The second kappa shape index (κ2) is 4.98. The summed E-state index contributed by atoms with van der Waals surface area (Å²) in [5.74, 6) is 0. The number of hydrogen-bond acceptors (Lipinski definition) is 1. The van der Waals surface area contributed by atoms with Crippen LogP contribution in [0.4, 0.5) is 4.79 Å². The van der Waals surface area contributed by atoms with E-state index in [0.29, 0.717) is 10.7 Å². The van der Waals surface area contributed by atoms with Crippen molar-refractivity contribution in [2.45, 2.75) is 0 Å². The molecule has 0 saturated carbocycles. The van der Waals surface area contributed by atoms with E-state index in [1.165, 1.54) is 0 Å². The van der Waals surface area contributed by atoms with Crippen molar-refractivity contribution < 1.29 is 4.79 Å². The van der Waals surface area contributed by atoms with Gasteiger partial charge in [0.25, 0.3) is 0 Å². The van der Waals surface area contributed by atoms with E-state index in [1.807, 2.05) is 48.5 Å². The molecule has 3 heteroatoms. The van der Waals surface area contributed by atoms with Crippen LogP contribution in [0.2, 0.25) is 0 Å². The first-order valence-corrected chi connectivity index (χ1v) is 4.93. The highest BCUT2D eigenvalue weighted by Crippen LogP contribution is 1.83. The lowest BCUT2D eigenvalue weighted by Crippen LogP contribution is -2.19. The maximum absolute atomic E-state index is 10.6. The van der Waals surface area contributed by atoms with Gasteiger partial charge in [0.1, 0.15) is 0 Å². The van der Waals surface area contributed by atoms with Gasteiger partial charge in [-0.05, 0) is 12.1 Å². The van der Waals surface area contributed by atoms with Crippen LogP contribution in [0.15, 0.2) is 70.6 Å². The SMILES string of the molecule is O=C1N=c2ccccc2=N1.c1ccccc1. The van der Waals surface area contributed by atoms with Crippen molar-refractivity contribution in [1.82, 2.24) is 0 Å². The third-order valence-corrected chi connectivity index (χ3v) is 1.98. The average Bonchev–Trinajstić information content (AvgIpc) is 2.72. The third kappa shape index (κ3) is 2.60. The molecule has 1 heterocycles. The lowest BCUT2D eigenvalue weighted by molar-refractivity contribution is 0.256. The molecule has 3 nitrogen and oxygen atoms in total. The van der Waals surface area contributed by atoms with Crippen molar-refractivity contribution in [1.29, 1.82) is 0 Å². The minimum Gasteiger partial charge on any atom is -0.244 e. The number of carbonyl (C=O) groups is 1. The summed E-state index contributed by atoms with van der Waals surface area (Å²) in [6.07, 6.45) is 0. The molecule has 0 radical (unpaired) electrons. The summed E-state index contributed by atoms with van der Waals surface area (Å²) in [7, 11) is 0. The van der Waals surface area contributed by atoms with Crippen LogP contribution in [0.3, 0.4) is 0 Å². The summed E-state index contributed by atoms with van der Waals surface area (Å²) in [6, 6.07) is 18.8. The Morgan fingerprint density at radius 1 is 0.625 bits per heavy atom. The Kier molecular flexibility index (Phi) is 3.18. The highest BCUT2D eigenvalue weighted by Gasteiger charge is 2.01. The maximum Gasteiger partial charge on any atom is 0.368 e. The number of rotatable bonds is 0. The van der Waals surface area contributed by atoms with Gasteiger partial charge in [0, 0.05) is 0 Å². The third-order valence-electron chi connectivity index (χ3n) is 1.98. The molecule has 0 aromatic heterocycles. The predicted octanol–water partition coefficient (Wildman–Crippen LogP) is 1.75. The Labute approximate surface area is 92.8 Å². The number of amides is 2. The Hall–Kier alpha value is -2.29. The number of nitrogens with zero attached hydrogens (tertiary/aromatic N) is 2.